The van der Waals surface area contributed by atoms with Crippen molar-refractivity contribution >= 4 is 0 Å². The number of benzene rings is 2. The molecule has 0 radical (unpaired) electrons. The molecule has 114 valence electrons. The molecule has 2 fully saturated rings. The van der Waals surface area contributed by atoms with E-state index in [-0.39, 0.29) is 5.60 Å². The highest BCUT2D eigenvalue weighted by Crippen LogP contribution is 2.41. The number of hydrogen-bond acceptors (Lipinski definition) is 1. The molecule has 0 aliphatic carbocycles. The van der Waals surface area contributed by atoms with Crippen LogP contribution in [0.3, 0.4) is 0 Å². The van der Waals surface area contributed by atoms with Crippen molar-refractivity contribution in [3.63, 3.8) is 0 Å². The van der Waals surface area contributed by atoms with Crippen molar-refractivity contribution in [3.8, 4) is 0 Å². The van der Waals surface area contributed by atoms with E-state index >= 15 is 0 Å². The molecule has 2 aromatic carbocycles. The zero-order valence-corrected chi connectivity index (χ0v) is 13.1. The van der Waals surface area contributed by atoms with Gasteiger partial charge in [-0.25, -0.2) is 0 Å². The zero-order chi connectivity index (χ0) is 14.9. The Labute approximate surface area is 132 Å². The van der Waals surface area contributed by atoms with Crippen molar-refractivity contribution in [3.05, 3.63) is 71.8 Å². The monoisotopic (exact) mass is 294 g/mol. The van der Waals surface area contributed by atoms with Gasteiger partial charge in [-0.1, -0.05) is 60.7 Å². The first-order chi connectivity index (χ1) is 10.8. The topological polar surface area (TPSA) is 12.5 Å². The summed E-state index contributed by atoms with van der Waals surface area (Å²) in [5, 5.41) is 0. The molecule has 0 amide bonds. The van der Waals surface area contributed by atoms with Gasteiger partial charge in [-0.05, 0) is 0 Å². The molecule has 22 heavy (non-hydrogen) atoms. The van der Waals surface area contributed by atoms with Gasteiger partial charge in [0, 0.05) is 24.0 Å². The second-order valence-corrected chi connectivity index (χ2v) is 7.05. The predicted molar refractivity (Wildman–Crippen MR) is 88.2 cm³/mol. The average Bonchev–Trinajstić information content (AvgIpc) is 3.33. The number of nitrogens with zero attached hydrogens (tertiary/aromatic N) is 1. The van der Waals surface area contributed by atoms with Gasteiger partial charge in [0.1, 0.15) is 18.7 Å². The summed E-state index contributed by atoms with van der Waals surface area (Å²) in [6.45, 7) is 5.70. The normalized spacial score (nSPS) is 21.6. The van der Waals surface area contributed by atoms with Crippen LogP contribution in [0.4, 0.5) is 0 Å². The zero-order valence-electron chi connectivity index (χ0n) is 13.1. The van der Waals surface area contributed by atoms with Crippen molar-refractivity contribution in [2.45, 2.75) is 31.5 Å². The van der Waals surface area contributed by atoms with Crippen LogP contribution in [-0.2, 0) is 17.8 Å². The van der Waals surface area contributed by atoms with E-state index in [1.165, 1.54) is 41.5 Å². The van der Waals surface area contributed by atoms with Crippen molar-refractivity contribution in [2.24, 2.45) is 0 Å². The van der Waals surface area contributed by atoms with Crippen LogP contribution in [0.25, 0.3) is 0 Å². The van der Waals surface area contributed by atoms with E-state index in [2.05, 4.69) is 60.7 Å². The molecule has 2 aromatic rings. The lowest BCUT2D eigenvalue weighted by Crippen LogP contribution is -2.53. The van der Waals surface area contributed by atoms with Crippen LogP contribution in [0.1, 0.15) is 24.0 Å². The van der Waals surface area contributed by atoms with E-state index in [4.69, 9.17) is 4.74 Å². The lowest BCUT2D eigenvalue weighted by molar-refractivity contribution is -0.958. The van der Waals surface area contributed by atoms with Gasteiger partial charge >= 0.3 is 0 Å². The Morgan fingerprint density at radius 3 is 1.64 bits per heavy atom. The second-order valence-electron chi connectivity index (χ2n) is 7.05. The van der Waals surface area contributed by atoms with E-state index in [0.717, 1.165) is 19.7 Å². The third-order valence-electron chi connectivity index (χ3n) is 5.36. The fraction of sp³-hybridized carbons (Fsp3) is 0.400. The molecule has 0 atom stereocenters. The molecule has 0 aromatic heterocycles. The molecule has 0 saturated carbocycles. The molecular formula is C20H24NO+. The van der Waals surface area contributed by atoms with E-state index < -0.39 is 0 Å². The lowest BCUT2D eigenvalue weighted by Gasteiger charge is -2.43. The van der Waals surface area contributed by atoms with Gasteiger partial charge in [-0.2, -0.15) is 0 Å². The highest BCUT2D eigenvalue weighted by molar-refractivity contribution is 5.15. The molecule has 2 heterocycles. The summed E-state index contributed by atoms with van der Waals surface area (Å²) in [5.74, 6) is 0. The van der Waals surface area contributed by atoms with Crippen LogP contribution in [0, 0.1) is 0 Å². The molecule has 2 aliphatic heterocycles. The maximum atomic E-state index is 5.72. The summed E-state index contributed by atoms with van der Waals surface area (Å²) in [6.07, 6.45) is 2.43. The Hall–Kier alpha value is -1.64. The second kappa shape index (κ2) is 5.53. The lowest BCUT2D eigenvalue weighted by atomic mass is 9.94. The fourth-order valence-corrected chi connectivity index (χ4v) is 3.82. The quantitative estimate of drug-likeness (QED) is 0.618. The fourth-order valence-electron chi connectivity index (χ4n) is 3.82. The number of piperidine rings is 1. The third-order valence-corrected chi connectivity index (χ3v) is 5.36. The number of rotatable bonds is 4. The molecule has 0 bridgehead atoms. The number of epoxide rings is 1. The van der Waals surface area contributed by atoms with Crippen LogP contribution in [0.2, 0.25) is 0 Å². The first-order valence-corrected chi connectivity index (χ1v) is 8.35. The number of ether oxygens (including phenoxy) is 1. The molecule has 1 spiro atoms. The SMILES string of the molecule is c1ccc(C[N+]2(Cc3ccccc3)CCC3(CC2)CO3)cc1. The van der Waals surface area contributed by atoms with Gasteiger partial charge in [0.25, 0.3) is 0 Å². The highest BCUT2D eigenvalue weighted by atomic mass is 16.6. The smallest absolute Gasteiger partial charge is 0.105 e. The van der Waals surface area contributed by atoms with E-state index in [9.17, 15) is 0 Å². The largest absolute Gasteiger partial charge is 0.369 e. The van der Waals surface area contributed by atoms with Crippen molar-refractivity contribution in [2.75, 3.05) is 19.7 Å². The summed E-state index contributed by atoms with van der Waals surface area (Å²) >= 11 is 0. The van der Waals surface area contributed by atoms with E-state index in [0.29, 0.717) is 0 Å². The Kier molecular flexibility index (Phi) is 3.51. The van der Waals surface area contributed by atoms with Gasteiger partial charge in [0.2, 0.25) is 0 Å². The maximum absolute atomic E-state index is 5.72. The average molecular weight is 294 g/mol. The number of hydrogen-bond donors (Lipinski definition) is 0. The van der Waals surface area contributed by atoms with Crippen LogP contribution in [-0.4, -0.2) is 29.8 Å². The van der Waals surface area contributed by atoms with Gasteiger partial charge in [-0.15, -0.1) is 0 Å². The van der Waals surface area contributed by atoms with Crippen LogP contribution < -0.4 is 0 Å². The molecule has 2 heteroatoms. The minimum Gasteiger partial charge on any atom is -0.369 e. The molecule has 4 rings (SSSR count). The Bertz CT molecular complexity index is 565. The molecule has 0 unspecified atom stereocenters. The van der Waals surface area contributed by atoms with E-state index in [1.807, 2.05) is 0 Å². The van der Waals surface area contributed by atoms with Gasteiger partial charge < -0.3 is 9.22 Å². The summed E-state index contributed by atoms with van der Waals surface area (Å²) in [6, 6.07) is 21.9. The highest BCUT2D eigenvalue weighted by Gasteiger charge is 2.51. The summed E-state index contributed by atoms with van der Waals surface area (Å²) in [4.78, 5) is 0. The Balaban J connectivity index is 1.56. The molecule has 2 aliphatic rings. The van der Waals surface area contributed by atoms with E-state index in [1.54, 1.807) is 0 Å². The van der Waals surface area contributed by atoms with Crippen LogP contribution in [0.15, 0.2) is 60.7 Å². The number of likely N-dealkylation sites (tertiary alicyclic amines) is 1. The van der Waals surface area contributed by atoms with Gasteiger partial charge in [0.15, 0.2) is 0 Å². The van der Waals surface area contributed by atoms with Gasteiger partial charge in [-0.3, -0.25) is 0 Å². The molecule has 0 N–H and O–H groups in total. The standard InChI is InChI=1S/C20H24NO/c1-3-7-18(8-4-1)15-21(16-19-9-5-2-6-10-19)13-11-20(12-14-21)17-22-20/h1-10H,11-17H2/q+1. The number of quaternary nitrogens is 1. The van der Waals surface area contributed by atoms with Gasteiger partial charge in [0.05, 0.1) is 19.7 Å². The van der Waals surface area contributed by atoms with Crippen LogP contribution in [0.5, 0.6) is 0 Å². The van der Waals surface area contributed by atoms with Crippen molar-refractivity contribution in [1.29, 1.82) is 0 Å². The molecule has 2 saturated heterocycles. The summed E-state index contributed by atoms with van der Waals surface area (Å²) in [7, 11) is 0. The Morgan fingerprint density at radius 2 is 1.23 bits per heavy atom. The van der Waals surface area contributed by atoms with Crippen LogP contribution >= 0.6 is 0 Å². The maximum Gasteiger partial charge on any atom is 0.105 e. The summed E-state index contributed by atoms with van der Waals surface area (Å²) < 4.78 is 6.89. The summed E-state index contributed by atoms with van der Waals surface area (Å²) in [5.41, 5.74) is 3.16. The van der Waals surface area contributed by atoms with Crippen molar-refractivity contribution < 1.29 is 9.22 Å². The first-order valence-electron chi connectivity index (χ1n) is 8.35. The minimum absolute atomic E-state index is 0.259. The molecular weight excluding hydrogens is 270 g/mol. The third kappa shape index (κ3) is 2.94. The first kappa shape index (κ1) is 14.0. The predicted octanol–water partition coefficient (Wildman–Crippen LogP) is 3.77. The minimum atomic E-state index is 0.259. The van der Waals surface area contributed by atoms with Crippen molar-refractivity contribution in [1.82, 2.24) is 0 Å². The Morgan fingerprint density at radius 1 is 0.773 bits per heavy atom. The molecule has 2 nitrogen and oxygen atoms in total.